The number of halogens is 1. The van der Waals surface area contributed by atoms with E-state index in [2.05, 4.69) is 15.0 Å². The molecule has 2 aromatic carbocycles. The van der Waals surface area contributed by atoms with E-state index in [4.69, 9.17) is 9.47 Å². The fraction of sp³-hybridized carbons (Fsp3) is 0.304. The van der Waals surface area contributed by atoms with Gasteiger partial charge in [0, 0.05) is 44.9 Å². The number of aromatic nitrogens is 2. The Morgan fingerprint density at radius 1 is 1.15 bits per heavy atom. The molecule has 1 aliphatic rings. The third kappa shape index (κ3) is 5.54. The molecule has 9 nitrogen and oxygen atoms in total. The molecule has 0 fully saturated rings. The van der Waals surface area contributed by atoms with Crippen LogP contribution in [0.3, 0.4) is 0 Å². The molecule has 1 unspecified atom stereocenters. The molecule has 0 saturated heterocycles. The lowest BCUT2D eigenvalue weighted by molar-refractivity contribution is -0.121. The Kier molecular flexibility index (Phi) is 7.13. The zero-order valence-corrected chi connectivity index (χ0v) is 19.3. The van der Waals surface area contributed by atoms with Gasteiger partial charge in [-0.05, 0) is 29.8 Å². The summed E-state index contributed by atoms with van der Waals surface area (Å²) in [6.45, 7) is 0.832. The van der Waals surface area contributed by atoms with E-state index < -0.39 is 27.8 Å². The van der Waals surface area contributed by atoms with E-state index in [0.717, 1.165) is 0 Å². The van der Waals surface area contributed by atoms with Crippen molar-refractivity contribution < 1.29 is 27.1 Å². The first-order chi connectivity index (χ1) is 16.3. The lowest BCUT2D eigenvalue weighted by atomic mass is 10.1. The van der Waals surface area contributed by atoms with Gasteiger partial charge in [-0.2, -0.15) is 0 Å². The number of amides is 1. The van der Waals surface area contributed by atoms with Crippen LogP contribution in [0.15, 0.2) is 59.8 Å². The Bertz CT molecular complexity index is 1260. The Balaban J connectivity index is 1.40. The smallest absolute Gasteiger partial charge is 0.240 e. The molecule has 1 amide bonds. The minimum atomic E-state index is -3.86. The number of aryl methyl sites for hydroxylation is 1. The Morgan fingerprint density at radius 3 is 2.59 bits per heavy atom. The van der Waals surface area contributed by atoms with Gasteiger partial charge in [-0.25, -0.2) is 22.5 Å². The number of imidazole rings is 1. The number of nitrogens with zero attached hydrogens (tertiary/aromatic N) is 2. The van der Waals surface area contributed by atoms with Gasteiger partial charge in [0.2, 0.25) is 15.9 Å². The van der Waals surface area contributed by atoms with Crippen LogP contribution in [0.1, 0.15) is 30.3 Å². The summed E-state index contributed by atoms with van der Waals surface area (Å²) in [6, 6.07) is 9.54. The highest BCUT2D eigenvalue weighted by Crippen LogP contribution is 2.31. The molecule has 0 aliphatic carbocycles. The van der Waals surface area contributed by atoms with Gasteiger partial charge in [0.15, 0.2) is 11.5 Å². The van der Waals surface area contributed by atoms with Crippen molar-refractivity contribution >= 4 is 15.9 Å². The molecular formula is C23H25FN4O5S. The number of fused-ring (bicyclic) bond motifs is 1. The number of ether oxygens (including phenoxy) is 2. The number of hydrogen-bond donors (Lipinski definition) is 2. The predicted octanol–water partition coefficient (Wildman–Crippen LogP) is 2.29. The minimum Gasteiger partial charge on any atom is -0.490 e. The van der Waals surface area contributed by atoms with Gasteiger partial charge in [-0.1, -0.05) is 12.1 Å². The van der Waals surface area contributed by atoms with E-state index in [9.17, 15) is 17.6 Å². The lowest BCUT2D eigenvalue weighted by Gasteiger charge is -2.19. The third-order valence-corrected chi connectivity index (χ3v) is 6.76. The van der Waals surface area contributed by atoms with Crippen LogP contribution in [-0.4, -0.2) is 43.6 Å². The maximum Gasteiger partial charge on any atom is 0.240 e. The molecule has 2 N–H and O–H groups in total. The fourth-order valence-corrected chi connectivity index (χ4v) is 4.58. The maximum absolute atomic E-state index is 13.4. The number of sulfonamides is 1. The molecule has 0 spiro atoms. The topological polar surface area (TPSA) is 112 Å². The molecule has 4 rings (SSSR count). The molecule has 0 saturated carbocycles. The highest BCUT2D eigenvalue weighted by Gasteiger charge is 2.22. The van der Waals surface area contributed by atoms with Crippen molar-refractivity contribution in [3.63, 3.8) is 0 Å². The molecule has 180 valence electrons. The summed E-state index contributed by atoms with van der Waals surface area (Å²) in [5, 5.41) is 2.85. The van der Waals surface area contributed by atoms with Gasteiger partial charge in [0.25, 0.3) is 0 Å². The number of carbonyl (C=O) groups is 1. The summed E-state index contributed by atoms with van der Waals surface area (Å²) in [5.74, 6) is 0.650. The Hall–Kier alpha value is -3.44. The first kappa shape index (κ1) is 23.7. The average Bonchev–Trinajstić information content (AvgIpc) is 3.09. The predicted molar refractivity (Wildman–Crippen MR) is 121 cm³/mol. The van der Waals surface area contributed by atoms with E-state index in [1.807, 2.05) is 0 Å². The van der Waals surface area contributed by atoms with Crippen molar-refractivity contribution in [1.29, 1.82) is 0 Å². The van der Waals surface area contributed by atoms with Gasteiger partial charge in [-0.3, -0.25) is 4.79 Å². The summed E-state index contributed by atoms with van der Waals surface area (Å²) < 4.78 is 54.1. The van der Waals surface area contributed by atoms with Gasteiger partial charge in [-0.15, -0.1) is 0 Å². The van der Waals surface area contributed by atoms with Crippen molar-refractivity contribution in [2.75, 3.05) is 19.8 Å². The standard InChI is InChI=1S/C23H25FN4O5S/c1-28-12-11-25-23(28)22(16-3-5-17(24)6-4-16)27-21(29)9-10-26-34(30,31)18-7-8-19-20(15-18)33-14-2-13-32-19/h3-8,11-12,15,22,26H,2,9-10,13-14H2,1H3,(H,27,29). The van der Waals surface area contributed by atoms with E-state index in [1.54, 1.807) is 42.2 Å². The molecule has 2 heterocycles. The molecule has 3 aromatic rings. The molecule has 1 aromatic heterocycles. The molecule has 1 aliphatic heterocycles. The number of hydrogen-bond acceptors (Lipinski definition) is 6. The SMILES string of the molecule is Cn1ccnc1C(NC(=O)CCNS(=O)(=O)c1ccc2c(c1)OCCCO2)c1ccc(F)cc1. The molecule has 34 heavy (non-hydrogen) atoms. The number of nitrogens with one attached hydrogen (secondary N) is 2. The van der Waals surface area contributed by atoms with Gasteiger partial charge in [0.1, 0.15) is 17.7 Å². The van der Waals surface area contributed by atoms with Crippen LogP contribution >= 0.6 is 0 Å². The Labute approximate surface area is 197 Å². The van der Waals surface area contributed by atoms with Crippen molar-refractivity contribution in [3.8, 4) is 11.5 Å². The summed E-state index contributed by atoms with van der Waals surface area (Å²) in [5.41, 5.74) is 0.650. The van der Waals surface area contributed by atoms with E-state index in [1.165, 1.54) is 24.3 Å². The van der Waals surface area contributed by atoms with Crippen LogP contribution in [-0.2, 0) is 21.9 Å². The third-order valence-electron chi connectivity index (χ3n) is 5.30. The van der Waals surface area contributed by atoms with Gasteiger partial charge < -0.3 is 19.4 Å². The number of rotatable bonds is 8. The van der Waals surface area contributed by atoms with E-state index in [0.29, 0.717) is 42.5 Å². The molecule has 1 atom stereocenters. The zero-order chi connectivity index (χ0) is 24.1. The van der Waals surface area contributed by atoms with Crippen LogP contribution in [0.25, 0.3) is 0 Å². The monoisotopic (exact) mass is 488 g/mol. The largest absolute Gasteiger partial charge is 0.490 e. The van der Waals surface area contributed by atoms with Crippen molar-refractivity contribution in [3.05, 3.63) is 72.1 Å². The molecule has 11 heteroatoms. The fourth-order valence-electron chi connectivity index (χ4n) is 3.53. The summed E-state index contributed by atoms with van der Waals surface area (Å²) in [7, 11) is -2.07. The quantitative estimate of drug-likeness (QED) is 0.503. The highest BCUT2D eigenvalue weighted by molar-refractivity contribution is 7.89. The van der Waals surface area contributed by atoms with Gasteiger partial charge in [0.05, 0.1) is 18.1 Å². The van der Waals surface area contributed by atoms with Crippen LogP contribution < -0.4 is 19.5 Å². The van der Waals surface area contributed by atoms with Crippen LogP contribution in [0, 0.1) is 5.82 Å². The lowest BCUT2D eigenvalue weighted by Crippen LogP contribution is -2.34. The molecule has 0 bridgehead atoms. The minimum absolute atomic E-state index is 0.0226. The first-order valence-corrected chi connectivity index (χ1v) is 12.2. The van der Waals surface area contributed by atoms with Crippen molar-refractivity contribution in [2.45, 2.75) is 23.8 Å². The average molecular weight is 489 g/mol. The second-order valence-corrected chi connectivity index (χ2v) is 9.52. The van der Waals surface area contributed by atoms with Crippen molar-refractivity contribution in [2.24, 2.45) is 7.05 Å². The van der Waals surface area contributed by atoms with Crippen molar-refractivity contribution in [1.82, 2.24) is 19.6 Å². The van der Waals surface area contributed by atoms with E-state index >= 15 is 0 Å². The zero-order valence-electron chi connectivity index (χ0n) is 18.5. The number of benzene rings is 2. The summed E-state index contributed by atoms with van der Waals surface area (Å²) in [4.78, 5) is 17.0. The van der Waals surface area contributed by atoms with Crippen LogP contribution in [0.5, 0.6) is 11.5 Å². The van der Waals surface area contributed by atoms with E-state index in [-0.39, 0.29) is 17.9 Å². The summed E-state index contributed by atoms with van der Waals surface area (Å²) in [6.07, 6.45) is 3.94. The first-order valence-electron chi connectivity index (χ1n) is 10.7. The highest BCUT2D eigenvalue weighted by atomic mass is 32.2. The number of carbonyl (C=O) groups excluding carboxylic acids is 1. The van der Waals surface area contributed by atoms with Gasteiger partial charge >= 0.3 is 0 Å². The summed E-state index contributed by atoms with van der Waals surface area (Å²) >= 11 is 0. The molecular weight excluding hydrogens is 463 g/mol. The normalized spacial score (nSPS) is 14.3. The Morgan fingerprint density at radius 2 is 1.88 bits per heavy atom. The maximum atomic E-state index is 13.4. The second kappa shape index (κ2) is 10.2. The van der Waals surface area contributed by atoms with Crippen LogP contribution in [0.2, 0.25) is 0 Å². The van der Waals surface area contributed by atoms with Crippen LogP contribution in [0.4, 0.5) is 4.39 Å². The molecule has 0 radical (unpaired) electrons. The second-order valence-electron chi connectivity index (χ2n) is 7.76.